The van der Waals surface area contributed by atoms with Gasteiger partial charge in [-0.15, -0.1) is 0 Å². The monoisotopic (exact) mass is 463 g/mol. The first-order valence-electron chi connectivity index (χ1n) is 8.88. The molecule has 2 aromatic carbocycles. The Morgan fingerprint density at radius 3 is 2.34 bits per heavy atom. The van der Waals surface area contributed by atoms with E-state index in [0.29, 0.717) is 6.07 Å². The molecule has 0 atom stereocenters. The van der Waals surface area contributed by atoms with Crippen LogP contribution in [0.5, 0.6) is 0 Å². The zero-order chi connectivity index (χ0) is 23.2. The second-order valence-electron chi connectivity index (χ2n) is 6.62. The van der Waals surface area contributed by atoms with E-state index in [2.05, 4.69) is 33.0 Å². The number of hydrogen-bond acceptors (Lipinski definition) is 6. The Hall–Kier alpha value is -3.87. The van der Waals surface area contributed by atoms with Crippen LogP contribution in [-0.4, -0.2) is 25.0 Å². The first-order valence-corrected chi connectivity index (χ1v) is 9.33. The quantitative estimate of drug-likeness (QED) is 0.208. The molecule has 0 aliphatic carbocycles. The van der Waals surface area contributed by atoms with E-state index in [4.69, 9.17) is 11.5 Å². The van der Waals surface area contributed by atoms with Gasteiger partial charge in [-0.25, -0.2) is 17.6 Å². The molecule has 0 radical (unpaired) electrons. The van der Waals surface area contributed by atoms with E-state index in [9.17, 15) is 22.4 Å². The standard InChI is InChI=1S/C19H13F4N7OS/c20-7-1-4-13-9(5-7)12(6-8-10(21)2-3-11(22)14(8)23)29-30(13)18-27-16(24)15(17(25)28-18)26-19(31)32/h1-5H,6H2,(H2,26,31,32)(H4,24,25,27,28). The van der Waals surface area contributed by atoms with Gasteiger partial charge in [-0.05, 0) is 30.3 Å². The summed E-state index contributed by atoms with van der Waals surface area (Å²) in [5, 5.41) is 5.94. The Morgan fingerprint density at radius 1 is 1.03 bits per heavy atom. The number of carbonyl (C=O) groups excluding carboxylic acids is 1. The minimum Gasteiger partial charge on any atom is -0.382 e. The van der Waals surface area contributed by atoms with Gasteiger partial charge in [-0.3, -0.25) is 4.79 Å². The van der Waals surface area contributed by atoms with E-state index in [0.717, 1.165) is 22.9 Å². The van der Waals surface area contributed by atoms with Gasteiger partial charge in [0, 0.05) is 17.4 Å². The minimum atomic E-state index is -1.37. The zero-order valence-corrected chi connectivity index (χ0v) is 16.8. The molecule has 0 fully saturated rings. The number of halogens is 4. The highest BCUT2D eigenvalue weighted by atomic mass is 32.1. The molecule has 4 aromatic rings. The van der Waals surface area contributed by atoms with Gasteiger partial charge < -0.3 is 16.8 Å². The zero-order valence-electron chi connectivity index (χ0n) is 15.9. The summed E-state index contributed by atoms with van der Waals surface area (Å²) in [6.45, 7) is 0. The normalized spacial score (nSPS) is 11.2. The molecule has 5 N–H and O–H groups in total. The molecule has 8 nitrogen and oxygen atoms in total. The van der Waals surface area contributed by atoms with Crippen LogP contribution in [0.2, 0.25) is 0 Å². The number of carbonyl (C=O) groups is 1. The summed E-state index contributed by atoms with van der Waals surface area (Å²) in [5.41, 5.74) is 11.3. The molecular weight excluding hydrogens is 450 g/mol. The molecule has 2 heterocycles. The van der Waals surface area contributed by atoms with Crippen molar-refractivity contribution in [1.82, 2.24) is 19.7 Å². The van der Waals surface area contributed by atoms with E-state index in [-0.39, 0.29) is 39.9 Å². The van der Waals surface area contributed by atoms with Gasteiger partial charge in [-0.2, -0.15) is 19.7 Å². The Kier molecular flexibility index (Phi) is 5.34. The van der Waals surface area contributed by atoms with Crippen molar-refractivity contribution in [1.29, 1.82) is 0 Å². The van der Waals surface area contributed by atoms with Gasteiger partial charge in [0.15, 0.2) is 23.3 Å². The fourth-order valence-corrected chi connectivity index (χ4v) is 3.26. The van der Waals surface area contributed by atoms with Gasteiger partial charge in [0.1, 0.15) is 17.3 Å². The molecule has 1 amide bonds. The lowest BCUT2D eigenvalue weighted by molar-refractivity contribution is 0.270. The molecule has 0 aliphatic heterocycles. The van der Waals surface area contributed by atoms with E-state index in [1.54, 1.807) is 0 Å². The summed E-state index contributed by atoms with van der Waals surface area (Å²) < 4.78 is 57.0. The Bertz CT molecular complexity index is 1370. The lowest BCUT2D eigenvalue weighted by atomic mass is 10.1. The van der Waals surface area contributed by atoms with Crippen LogP contribution in [0.3, 0.4) is 0 Å². The Balaban J connectivity index is 1.88. The number of thiol groups is 1. The lowest BCUT2D eigenvalue weighted by Crippen LogP contribution is -2.14. The molecule has 0 saturated heterocycles. The SMILES string of the molecule is Nc1nc(-n2nc(Cc3c(F)ccc(F)c3F)c3cc(F)ccc32)nc(N)c1NC(=O)S. The largest absolute Gasteiger partial charge is 0.382 e. The molecule has 164 valence electrons. The average molecular weight is 463 g/mol. The smallest absolute Gasteiger partial charge is 0.280 e. The molecule has 13 heteroatoms. The third-order valence-corrected chi connectivity index (χ3v) is 4.69. The van der Waals surface area contributed by atoms with Crippen molar-refractivity contribution >= 4 is 46.1 Å². The maximum atomic E-state index is 14.2. The molecule has 32 heavy (non-hydrogen) atoms. The highest BCUT2D eigenvalue weighted by Crippen LogP contribution is 2.29. The summed E-state index contributed by atoms with van der Waals surface area (Å²) in [5.74, 6) is -4.79. The van der Waals surface area contributed by atoms with Gasteiger partial charge in [0.2, 0.25) is 0 Å². The van der Waals surface area contributed by atoms with Crippen molar-refractivity contribution in [3.63, 3.8) is 0 Å². The van der Waals surface area contributed by atoms with E-state index in [1.807, 2.05) is 0 Å². The number of nitrogens with one attached hydrogen (secondary N) is 1. The van der Waals surface area contributed by atoms with Crippen molar-refractivity contribution in [2.24, 2.45) is 0 Å². The van der Waals surface area contributed by atoms with Crippen molar-refractivity contribution in [2.45, 2.75) is 6.42 Å². The van der Waals surface area contributed by atoms with Crippen LogP contribution < -0.4 is 16.8 Å². The number of aromatic nitrogens is 4. The van der Waals surface area contributed by atoms with Crippen LogP contribution in [0.15, 0.2) is 30.3 Å². The Morgan fingerprint density at radius 2 is 1.69 bits per heavy atom. The van der Waals surface area contributed by atoms with Crippen molar-refractivity contribution < 1.29 is 22.4 Å². The summed E-state index contributed by atoms with van der Waals surface area (Å²) >= 11 is 3.57. The number of rotatable bonds is 4. The Labute approximate surface area is 182 Å². The third-order valence-electron chi connectivity index (χ3n) is 4.58. The van der Waals surface area contributed by atoms with Crippen LogP contribution in [0, 0.1) is 23.3 Å². The highest BCUT2D eigenvalue weighted by molar-refractivity contribution is 7.96. The van der Waals surface area contributed by atoms with Crippen LogP contribution in [0.25, 0.3) is 16.9 Å². The second-order valence-corrected chi connectivity index (χ2v) is 7.02. The fraction of sp³-hybridized carbons (Fsp3) is 0.0526. The molecule has 0 spiro atoms. The van der Waals surface area contributed by atoms with Crippen molar-refractivity contribution in [3.8, 4) is 5.95 Å². The minimum absolute atomic E-state index is 0.0244. The van der Waals surface area contributed by atoms with Crippen LogP contribution in [-0.2, 0) is 6.42 Å². The number of fused-ring (bicyclic) bond motifs is 1. The predicted octanol–water partition coefficient (Wildman–Crippen LogP) is 3.59. The predicted molar refractivity (Wildman–Crippen MR) is 113 cm³/mol. The number of nitrogen functional groups attached to an aromatic ring is 2. The number of hydrogen-bond donors (Lipinski definition) is 4. The maximum absolute atomic E-state index is 14.2. The highest BCUT2D eigenvalue weighted by Gasteiger charge is 2.21. The van der Waals surface area contributed by atoms with Crippen LogP contribution >= 0.6 is 12.6 Å². The van der Waals surface area contributed by atoms with Gasteiger partial charge >= 0.3 is 0 Å². The summed E-state index contributed by atoms with van der Waals surface area (Å²) in [6, 6.07) is 5.03. The van der Waals surface area contributed by atoms with Gasteiger partial charge in [0.25, 0.3) is 11.2 Å². The number of nitrogens with two attached hydrogens (primary N) is 2. The molecule has 4 rings (SSSR count). The first-order chi connectivity index (χ1) is 15.2. The van der Waals surface area contributed by atoms with Gasteiger partial charge in [-0.1, -0.05) is 12.6 Å². The number of amides is 1. The summed E-state index contributed by atoms with van der Waals surface area (Å²) in [4.78, 5) is 19.3. The topological polar surface area (TPSA) is 125 Å². The first kappa shape index (κ1) is 21.4. The molecular formula is C19H13F4N7OS. The van der Waals surface area contributed by atoms with Crippen molar-refractivity contribution in [3.05, 3.63) is 64.9 Å². The summed E-state index contributed by atoms with van der Waals surface area (Å²) in [7, 11) is 0. The van der Waals surface area contributed by atoms with E-state index in [1.165, 1.54) is 6.07 Å². The third kappa shape index (κ3) is 3.77. The summed E-state index contributed by atoms with van der Waals surface area (Å²) in [6.07, 6.45) is -0.485. The molecule has 0 aliphatic rings. The maximum Gasteiger partial charge on any atom is 0.280 e. The number of benzene rings is 2. The molecule has 0 saturated carbocycles. The second kappa shape index (κ2) is 8.00. The van der Waals surface area contributed by atoms with Crippen LogP contribution in [0.4, 0.5) is 39.7 Å². The average Bonchev–Trinajstić information content (AvgIpc) is 3.08. The van der Waals surface area contributed by atoms with Gasteiger partial charge in [0.05, 0.1) is 11.2 Å². The van der Waals surface area contributed by atoms with Crippen LogP contribution in [0.1, 0.15) is 11.3 Å². The molecule has 2 aromatic heterocycles. The van der Waals surface area contributed by atoms with Crippen molar-refractivity contribution in [2.75, 3.05) is 16.8 Å². The van der Waals surface area contributed by atoms with E-state index < -0.39 is 40.5 Å². The van der Waals surface area contributed by atoms with E-state index >= 15 is 0 Å². The fourth-order valence-electron chi connectivity index (χ4n) is 3.15. The molecule has 0 unspecified atom stereocenters. The number of nitrogens with zero attached hydrogens (tertiary/aromatic N) is 4. The molecule has 0 bridgehead atoms. The number of anilines is 3. The lowest BCUT2D eigenvalue weighted by Gasteiger charge is -2.10.